The van der Waals surface area contributed by atoms with Crippen LogP contribution in [0, 0.1) is 0 Å². The lowest BCUT2D eigenvalue weighted by atomic mass is 10.0. The summed E-state index contributed by atoms with van der Waals surface area (Å²) in [4.78, 5) is 36.9. The van der Waals surface area contributed by atoms with Crippen LogP contribution in [0.2, 0.25) is 0 Å². The third-order valence-corrected chi connectivity index (χ3v) is 11.2. The molecule has 0 aromatic carbocycles. The van der Waals surface area contributed by atoms with Crippen LogP contribution in [0.15, 0.2) is 12.2 Å². The molecule has 0 aliphatic rings. The summed E-state index contributed by atoms with van der Waals surface area (Å²) in [6.45, 7) is 4.69. The van der Waals surface area contributed by atoms with Gasteiger partial charge in [-0.05, 0) is 38.5 Å². The quantitative estimate of drug-likeness (QED) is 0.0261. The van der Waals surface area contributed by atoms with Crippen molar-refractivity contribution in [2.45, 2.75) is 244 Å². The monoisotopic (exact) mass is 808 g/mol. The van der Waals surface area contributed by atoms with Crippen molar-refractivity contribution < 1.29 is 38.2 Å². The minimum Gasteiger partial charge on any atom is -0.544 e. The lowest BCUT2D eigenvalue weighted by Crippen LogP contribution is -2.55. The van der Waals surface area contributed by atoms with Crippen LogP contribution in [-0.2, 0) is 28.6 Å². The van der Waals surface area contributed by atoms with Gasteiger partial charge in [-0.25, -0.2) is 0 Å². The molecular weight excluding hydrogens is 715 g/mol. The summed E-state index contributed by atoms with van der Waals surface area (Å²) in [5.74, 6) is -1.73. The fraction of sp³-hybridized carbons (Fsp3) is 0.898. The van der Waals surface area contributed by atoms with Gasteiger partial charge in [0.05, 0.1) is 40.3 Å². The smallest absolute Gasteiger partial charge is 0.306 e. The number of unbranched alkanes of at least 4 members (excludes halogenated alkanes) is 28. The minimum absolute atomic E-state index is 0.0432. The van der Waals surface area contributed by atoms with E-state index < -0.39 is 18.1 Å². The third kappa shape index (κ3) is 39.3. The molecule has 2 unspecified atom stereocenters. The first-order valence-corrected chi connectivity index (χ1v) is 24.2. The average Bonchev–Trinajstić information content (AvgIpc) is 3.17. The lowest BCUT2D eigenvalue weighted by molar-refractivity contribution is -0.889. The second-order valence-electron chi connectivity index (χ2n) is 17.7. The number of carbonyl (C=O) groups excluding carboxylic acids is 3. The van der Waals surface area contributed by atoms with Gasteiger partial charge in [-0.3, -0.25) is 9.59 Å². The van der Waals surface area contributed by atoms with E-state index in [2.05, 4.69) is 26.0 Å². The number of ether oxygens (including phenoxy) is 3. The second kappa shape index (κ2) is 40.8. The predicted octanol–water partition coefficient (Wildman–Crippen LogP) is 12.1. The number of nitrogens with zero attached hydrogens (tertiary/aromatic N) is 1. The first-order chi connectivity index (χ1) is 27.6. The number of aliphatic carboxylic acids is 1. The molecule has 0 amide bonds. The number of carbonyl (C=O) groups is 3. The fourth-order valence-electron chi connectivity index (χ4n) is 7.36. The van der Waals surface area contributed by atoms with Gasteiger partial charge in [0.15, 0.2) is 6.10 Å². The van der Waals surface area contributed by atoms with Crippen molar-refractivity contribution in [3.05, 3.63) is 12.2 Å². The Labute approximate surface area is 352 Å². The molecule has 336 valence electrons. The van der Waals surface area contributed by atoms with Gasteiger partial charge in [-0.2, -0.15) is 0 Å². The van der Waals surface area contributed by atoms with Gasteiger partial charge in [-0.15, -0.1) is 0 Å². The molecule has 0 spiro atoms. The zero-order valence-corrected chi connectivity index (χ0v) is 38.3. The van der Waals surface area contributed by atoms with Crippen LogP contribution in [-0.4, -0.2) is 75.5 Å². The number of carboxylic acid groups (broad SMARTS) is 1. The highest BCUT2D eigenvalue weighted by molar-refractivity contribution is 5.70. The number of hydrogen-bond donors (Lipinski definition) is 0. The van der Waals surface area contributed by atoms with E-state index in [4.69, 9.17) is 14.2 Å². The van der Waals surface area contributed by atoms with Crippen LogP contribution in [0.4, 0.5) is 0 Å². The molecule has 2 atom stereocenters. The van der Waals surface area contributed by atoms with Gasteiger partial charge in [0.2, 0.25) is 0 Å². The van der Waals surface area contributed by atoms with Crippen LogP contribution >= 0.6 is 0 Å². The van der Waals surface area contributed by atoms with Crippen LogP contribution < -0.4 is 5.11 Å². The first kappa shape index (κ1) is 55.1. The standard InChI is InChI=1S/C49H93NO7/c1-6-8-10-12-14-16-18-20-22-23-24-26-28-30-32-34-36-38-40-48(52)57-45(43-55-42-41-46(49(53)54)50(3,4)5)44-56-47(51)39-37-35-33-31-29-27-25-21-19-17-15-13-11-9-7-2/h24,26,45-46H,6-23,25,27-44H2,1-5H3/b26-24+. The van der Waals surface area contributed by atoms with E-state index in [0.29, 0.717) is 12.8 Å². The molecule has 0 N–H and O–H groups in total. The molecule has 0 aliphatic heterocycles. The zero-order valence-electron chi connectivity index (χ0n) is 38.3. The predicted molar refractivity (Wildman–Crippen MR) is 236 cm³/mol. The Morgan fingerprint density at radius 2 is 0.877 bits per heavy atom. The second-order valence-corrected chi connectivity index (χ2v) is 17.7. The maximum atomic E-state index is 12.7. The van der Waals surface area contributed by atoms with E-state index in [-0.39, 0.29) is 42.7 Å². The average molecular weight is 808 g/mol. The molecule has 8 nitrogen and oxygen atoms in total. The van der Waals surface area contributed by atoms with Crippen molar-refractivity contribution in [2.75, 3.05) is 41.0 Å². The van der Waals surface area contributed by atoms with Crippen LogP contribution in [0.25, 0.3) is 0 Å². The Morgan fingerprint density at radius 1 is 0.509 bits per heavy atom. The number of hydrogen-bond acceptors (Lipinski definition) is 7. The van der Waals surface area contributed by atoms with Gasteiger partial charge in [0.1, 0.15) is 12.6 Å². The highest BCUT2D eigenvalue weighted by Crippen LogP contribution is 2.16. The molecular formula is C49H93NO7. The van der Waals surface area contributed by atoms with Crippen molar-refractivity contribution in [3.63, 3.8) is 0 Å². The molecule has 8 heteroatoms. The minimum atomic E-state index is -1.12. The maximum Gasteiger partial charge on any atom is 0.306 e. The molecule has 0 rings (SSSR count). The van der Waals surface area contributed by atoms with Crippen molar-refractivity contribution >= 4 is 17.9 Å². The van der Waals surface area contributed by atoms with Gasteiger partial charge in [-0.1, -0.05) is 187 Å². The number of quaternary nitrogens is 1. The molecule has 0 saturated carbocycles. The fourth-order valence-corrected chi connectivity index (χ4v) is 7.36. The summed E-state index contributed by atoms with van der Waals surface area (Å²) in [6.07, 6.45) is 43.7. The molecule has 0 heterocycles. The van der Waals surface area contributed by atoms with E-state index >= 15 is 0 Å². The first-order valence-electron chi connectivity index (χ1n) is 24.2. The van der Waals surface area contributed by atoms with Gasteiger partial charge >= 0.3 is 11.9 Å². The Morgan fingerprint density at radius 3 is 1.26 bits per heavy atom. The topological polar surface area (TPSA) is 102 Å². The molecule has 0 saturated heterocycles. The highest BCUT2D eigenvalue weighted by Gasteiger charge is 2.25. The van der Waals surface area contributed by atoms with Crippen molar-refractivity contribution in [3.8, 4) is 0 Å². The highest BCUT2D eigenvalue weighted by atomic mass is 16.6. The number of carboxylic acids is 1. The largest absolute Gasteiger partial charge is 0.544 e. The number of likely N-dealkylation sites (N-methyl/N-ethyl adjacent to an activating group) is 1. The van der Waals surface area contributed by atoms with Gasteiger partial charge in [0.25, 0.3) is 0 Å². The van der Waals surface area contributed by atoms with Crippen molar-refractivity contribution in [1.29, 1.82) is 0 Å². The Hall–Kier alpha value is -1.93. The van der Waals surface area contributed by atoms with Gasteiger partial charge in [0, 0.05) is 19.3 Å². The molecule has 0 aromatic rings. The number of allylic oxidation sites excluding steroid dienone is 2. The summed E-state index contributed by atoms with van der Waals surface area (Å²) >= 11 is 0. The molecule has 0 aliphatic carbocycles. The van der Waals surface area contributed by atoms with E-state index in [0.717, 1.165) is 51.4 Å². The molecule has 0 fully saturated rings. The molecule has 0 bridgehead atoms. The van der Waals surface area contributed by atoms with Crippen LogP contribution in [0.1, 0.15) is 232 Å². The molecule has 0 radical (unpaired) electrons. The van der Waals surface area contributed by atoms with Crippen molar-refractivity contribution in [1.82, 2.24) is 0 Å². The lowest BCUT2D eigenvalue weighted by Gasteiger charge is -2.34. The third-order valence-electron chi connectivity index (χ3n) is 11.2. The van der Waals surface area contributed by atoms with Crippen LogP contribution in [0.3, 0.4) is 0 Å². The Kier molecular flexibility index (Phi) is 39.4. The summed E-state index contributed by atoms with van der Waals surface area (Å²) < 4.78 is 17.2. The summed E-state index contributed by atoms with van der Waals surface area (Å²) in [5, 5.41) is 11.6. The normalized spacial score (nSPS) is 12.9. The molecule has 0 aromatic heterocycles. The number of esters is 2. The maximum absolute atomic E-state index is 12.7. The zero-order chi connectivity index (χ0) is 42.1. The molecule has 57 heavy (non-hydrogen) atoms. The van der Waals surface area contributed by atoms with Gasteiger partial charge < -0.3 is 28.6 Å². The van der Waals surface area contributed by atoms with Crippen LogP contribution in [0.5, 0.6) is 0 Å². The van der Waals surface area contributed by atoms with E-state index in [9.17, 15) is 19.5 Å². The van der Waals surface area contributed by atoms with E-state index in [1.165, 1.54) is 148 Å². The SMILES string of the molecule is CCCCCCCCCCC/C=C/CCCCCCCC(=O)OC(COCCC(C(=O)[O-])[N+](C)(C)C)COC(=O)CCCCCCCCCCCCCCCCC. The Balaban J connectivity index is 4.27. The Bertz CT molecular complexity index is 947. The summed E-state index contributed by atoms with van der Waals surface area (Å²) in [5.41, 5.74) is 0. The summed E-state index contributed by atoms with van der Waals surface area (Å²) in [6, 6.07) is -0.723. The number of rotatable bonds is 44. The van der Waals surface area contributed by atoms with E-state index in [1.54, 1.807) is 21.1 Å². The van der Waals surface area contributed by atoms with E-state index in [1.807, 2.05) is 0 Å². The summed E-state index contributed by atoms with van der Waals surface area (Å²) in [7, 11) is 5.42. The van der Waals surface area contributed by atoms with Crippen molar-refractivity contribution in [2.24, 2.45) is 0 Å².